The van der Waals surface area contributed by atoms with Crippen LogP contribution in [0.4, 0.5) is 6.01 Å². The SMILES string of the molecule is CC1(C)[C@H]2C=C(NNc3nc4ccccc4o3)[C@@]1(C)CC2. The average molecular weight is 283 g/mol. The third kappa shape index (κ3) is 1.65. The van der Waals surface area contributed by atoms with Crippen LogP contribution in [0.15, 0.2) is 40.5 Å². The van der Waals surface area contributed by atoms with Crippen molar-refractivity contribution in [1.82, 2.24) is 10.4 Å². The molecule has 21 heavy (non-hydrogen) atoms. The number of nitrogens with one attached hydrogen (secondary N) is 2. The number of rotatable bonds is 3. The highest BCUT2D eigenvalue weighted by atomic mass is 16.4. The molecule has 1 saturated carbocycles. The van der Waals surface area contributed by atoms with Crippen LogP contribution in [-0.4, -0.2) is 4.98 Å². The Balaban J connectivity index is 1.54. The molecule has 0 spiro atoms. The van der Waals surface area contributed by atoms with Gasteiger partial charge in [0.15, 0.2) is 5.58 Å². The first-order chi connectivity index (χ1) is 10.0. The maximum absolute atomic E-state index is 5.68. The number of aromatic nitrogens is 1. The van der Waals surface area contributed by atoms with Gasteiger partial charge >= 0.3 is 6.01 Å². The van der Waals surface area contributed by atoms with E-state index in [9.17, 15) is 0 Å². The van der Waals surface area contributed by atoms with Crippen molar-refractivity contribution < 1.29 is 4.42 Å². The van der Waals surface area contributed by atoms with Gasteiger partial charge in [-0.3, -0.25) is 5.43 Å². The molecule has 2 atom stereocenters. The Labute approximate surface area is 124 Å². The Morgan fingerprint density at radius 2 is 2.00 bits per heavy atom. The van der Waals surface area contributed by atoms with E-state index in [1.807, 2.05) is 24.3 Å². The molecule has 2 aliphatic rings. The molecule has 110 valence electrons. The van der Waals surface area contributed by atoms with Gasteiger partial charge in [-0.2, -0.15) is 4.98 Å². The summed E-state index contributed by atoms with van der Waals surface area (Å²) >= 11 is 0. The number of nitrogens with zero attached hydrogens (tertiary/aromatic N) is 1. The van der Waals surface area contributed by atoms with Crippen LogP contribution in [0.3, 0.4) is 0 Å². The third-order valence-electron chi connectivity index (χ3n) is 5.86. The summed E-state index contributed by atoms with van der Waals surface area (Å²) in [5.41, 5.74) is 9.93. The van der Waals surface area contributed by atoms with Gasteiger partial charge in [-0.1, -0.05) is 39.0 Å². The molecule has 2 aromatic rings. The summed E-state index contributed by atoms with van der Waals surface area (Å²) < 4.78 is 5.68. The van der Waals surface area contributed by atoms with Gasteiger partial charge in [-0.25, -0.2) is 0 Å². The van der Waals surface area contributed by atoms with E-state index in [0.29, 0.717) is 17.3 Å². The van der Waals surface area contributed by atoms with Gasteiger partial charge in [0.05, 0.1) is 0 Å². The molecule has 4 rings (SSSR count). The predicted octanol–water partition coefficient (Wildman–Crippen LogP) is 4.08. The number of hydrogen-bond acceptors (Lipinski definition) is 4. The minimum Gasteiger partial charge on any atom is -0.422 e. The van der Waals surface area contributed by atoms with E-state index in [2.05, 4.69) is 42.7 Å². The second kappa shape index (κ2) is 4.03. The second-order valence-corrected chi connectivity index (χ2v) is 7.02. The van der Waals surface area contributed by atoms with Gasteiger partial charge in [0, 0.05) is 11.1 Å². The highest BCUT2D eigenvalue weighted by molar-refractivity contribution is 5.74. The molecule has 1 fully saturated rings. The number of fused-ring (bicyclic) bond motifs is 3. The summed E-state index contributed by atoms with van der Waals surface area (Å²) in [4.78, 5) is 4.43. The summed E-state index contributed by atoms with van der Waals surface area (Å²) in [7, 11) is 0. The molecule has 0 aliphatic heterocycles. The van der Waals surface area contributed by atoms with Gasteiger partial charge < -0.3 is 9.84 Å². The summed E-state index contributed by atoms with van der Waals surface area (Å²) in [6.07, 6.45) is 4.90. The van der Waals surface area contributed by atoms with Gasteiger partial charge in [-0.05, 0) is 36.3 Å². The van der Waals surface area contributed by atoms with Crippen molar-refractivity contribution in [2.24, 2.45) is 16.7 Å². The topological polar surface area (TPSA) is 50.1 Å². The zero-order chi connectivity index (χ0) is 14.7. The Bertz CT molecular complexity index is 697. The molecule has 4 heteroatoms. The normalized spacial score (nSPS) is 29.7. The molecule has 2 N–H and O–H groups in total. The second-order valence-electron chi connectivity index (χ2n) is 7.02. The molecule has 1 aromatic carbocycles. The Hall–Kier alpha value is -1.97. The molecule has 0 amide bonds. The number of oxazole rings is 1. The molecule has 0 saturated heterocycles. The molecule has 1 aromatic heterocycles. The van der Waals surface area contributed by atoms with E-state index >= 15 is 0 Å². The zero-order valence-electron chi connectivity index (χ0n) is 12.7. The van der Waals surface area contributed by atoms with Gasteiger partial charge in [0.1, 0.15) is 5.52 Å². The van der Waals surface area contributed by atoms with E-state index in [4.69, 9.17) is 4.42 Å². The molecule has 2 bridgehead atoms. The quantitative estimate of drug-likeness (QED) is 0.833. The van der Waals surface area contributed by atoms with Crippen LogP contribution in [0, 0.1) is 16.7 Å². The largest absolute Gasteiger partial charge is 0.422 e. The van der Waals surface area contributed by atoms with Crippen LogP contribution in [-0.2, 0) is 0 Å². The lowest BCUT2D eigenvalue weighted by atomic mass is 9.69. The summed E-state index contributed by atoms with van der Waals surface area (Å²) in [6, 6.07) is 8.30. The molecule has 4 nitrogen and oxygen atoms in total. The van der Waals surface area contributed by atoms with Crippen LogP contribution < -0.4 is 10.9 Å². The third-order valence-corrected chi connectivity index (χ3v) is 5.86. The van der Waals surface area contributed by atoms with Crippen LogP contribution in [0.25, 0.3) is 11.1 Å². The van der Waals surface area contributed by atoms with Crippen molar-refractivity contribution in [1.29, 1.82) is 0 Å². The van der Waals surface area contributed by atoms with Crippen LogP contribution in [0.5, 0.6) is 0 Å². The minimum atomic E-state index is 0.205. The molecule has 1 heterocycles. The number of allylic oxidation sites excluding steroid dienone is 2. The van der Waals surface area contributed by atoms with E-state index < -0.39 is 0 Å². The van der Waals surface area contributed by atoms with Crippen LogP contribution in [0.1, 0.15) is 33.6 Å². The number of hydrazine groups is 1. The predicted molar refractivity (Wildman–Crippen MR) is 83.5 cm³/mol. The van der Waals surface area contributed by atoms with Crippen molar-refractivity contribution in [2.75, 3.05) is 5.43 Å². The van der Waals surface area contributed by atoms with E-state index in [1.54, 1.807) is 0 Å². The van der Waals surface area contributed by atoms with Crippen molar-refractivity contribution in [2.45, 2.75) is 33.6 Å². The number of hydrogen-bond donors (Lipinski definition) is 2. The minimum absolute atomic E-state index is 0.205. The first-order valence-electron chi connectivity index (χ1n) is 7.61. The lowest BCUT2D eigenvalue weighted by molar-refractivity contribution is 0.165. The highest BCUT2D eigenvalue weighted by Crippen LogP contribution is 2.64. The lowest BCUT2D eigenvalue weighted by Crippen LogP contribution is -2.37. The maximum atomic E-state index is 5.68. The summed E-state index contributed by atoms with van der Waals surface area (Å²) in [5.74, 6) is 0.662. The average Bonchev–Trinajstić information content (AvgIpc) is 3.02. The fourth-order valence-electron chi connectivity index (χ4n) is 3.92. The van der Waals surface area contributed by atoms with Crippen molar-refractivity contribution in [3.8, 4) is 0 Å². The van der Waals surface area contributed by atoms with E-state index in [0.717, 1.165) is 11.1 Å². The molecular formula is C17H21N3O. The molecule has 0 unspecified atom stereocenters. The molecular weight excluding hydrogens is 262 g/mol. The Morgan fingerprint density at radius 1 is 1.19 bits per heavy atom. The lowest BCUT2D eigenvalue weighted by Gasteiger charge is -2.37. The number of anilines is 1. The molecule has 2 aliphatic carbocycles. The smallest absolute Gasteiger partial charge is 0.314 e. The summed E-state index contributed by atoms with van der Waals surface area (Å²) in [6.45, 7) is 7.09. The standard InChI is InChI=1S/C17H21N3O/c1-16(2)11-8-9-17(16,3)14(10-11)19-20-15-18-12-6-4-5-7-13(12)21-15/h4-7,10-11,19H,8-9H2,1-3H3,(H,18,20)/t11-,17-/m1/s1. The monoisotopic (exact) mass is 283 g/mol. The van der Waals surface area contributed by atoms with Gasteiger partial charge in [0.2, 0.25) is 0 Å². The Morgan fingerprint density at radius 3 is 2.67 bits per heavy atom. The first kappa shape index (κ1) is 12.7. The zero-order valence-corrected chi connectivity index (χ0v) is 12.7. The van der Waals surface area contributed by atoms with Crippen LogP contribution in [0.2, 0.25) is 0 Å². The highest BCUT2D eigenvalue weighted by Gasteiger charge is 2.57. The van der Waals surface area contributed by atoms with E-state index in [-0.39, 0.29) is 5.41 Å². The Kier molecular flexibility index (Phi) is 2.44. The number of benzene rings is 1. The fourth-order valence-corrected chi connectivity index (χ4v) is 3.92. The van der Waals surface area contributed by atoms with Gasteiger partial charge in [-0.15, -0.1) is 0 Å². The van der Waals surface area contributed by atoms with E-state index in [1.165, 1.54) is 18.5 Å². The van der Waals surface area contributed by atoms with Crippen LogP contribution >= 0.6 is 0 Å². The van der Waals surface area contributed by atoms with Gasteiger partial charge in [0.25, 0.3) is 0 Å². The van der Waals surface area contributed by atoms with Crippen molar-refractivity contribution in [3.63, 3.8) is 0 Å². The maximum Gasteiger partial charge on any atom is 0.314 e. The van der Waals surface area contributed by atoms with Crippen molar-refractivity contribution >= 4 is 17.1 Å². The summed E-state index contributed by atoms with van der Waals surface area (Å²) in [5, 5.41) is 0. The first-order valence-corrected chi connectivity index (χ1v) is 7.61. The van der Waals surface area contributed by atoms with Crippen molar-refractivity contribution in [3.05, 3.63) is 36.0 Å². The fraction of sp³-hybridized carbons (Fsp3) is 0.471. The molecule has 0 radical (unpaired) electrons. The number of para-hydroxylation sites is 2.